The summed E-state index contributed by atoms with van der Waals surface area (Å²) >= 11 is 0. The van der Waals surface area contributed by atoms with Gasteiger partial charge in [-0.3, -0.25) is 9.48 Å². The van der Waals surface area contributed by atoms with E-state index in [4.69, 9.17) is 10.5 Å². The van der Waals surface area contributed by atoms with Crippen LogP contribution in [0.4, 0.5) is 11.5 Å². The van der Waals surface area contributed by atoms with Crippen molar-refractivity contribution in [1.82, 2.24) is 9.78 Å². The van der Waals surface area contributed by atoms with Crippen LogP contribution in [0.3, 0.4) is 0 Å². The number of nitrogen functional groups attached to an aromatic ring is 1. The molecule has 0 fully saturated rings. The number of aryl methyl sites for hydroxylation is 2. The number of hydrogen-bond acceptors (Lipinski definition) is 4. The zero-order valence-electron chi connectivity index (χ0n) is 11.0. The molecule has 1 atom stereocenters. The zero-order chi connectivity index (χ0) is 13.2. The highest BCUT2D eigenvalue weighted by molar-refractivity contribution is 5.98. The van der Waals surface area contributed by atoms with Crippen LogP contribution in [0.1, 0.15) is 26.0 Å². The summed E-state index contributed by atoms with van der Waals surface area (Å²) in [5.74, 6) is 0.279. The molecule has 0 aliphatic rings. The number of amides is 1. The predicted molar refractivity (Wildman–Crippen MR) is 66.7 cm³/mol. The number of aromatic nitrogens is 2. The zero-order valence-corrected chi connectivity index (χ0v) is 11.0. The number of anilines is 2. The molecular formula is C11H20N4O2. The molecule has 1 amide bonds. The molecule has 0 bridgehead atoms. The summed E-state index contributed by atoms with van der Waals surface area (Å²) in [6.07, 6.45) is 0.575. The Labute approximate surface area is 101 Å². The number of rotatable bonds is 4. The van der Waals surface area contributed by atoms with Crippen LogP contribution in [-0.2, 0) is 16.6 Å². The molecule has 1 unspecified atom stereocenters. The van der Waals surface area contributed by atoms with Crippen LogP contribution < -0.4 is 11.1 Å². The monoisotopic (exact) mass is 240 g/mol. The van der Waals surface area contributed by atoms with E-state index in [2.05, 4.69) is 10.4 Å². The Kier molecular flexibility index (Phi) is 3.77. The molecule has 0 saturated carbocycles. The summed E-state index contributed by atoms with van der Waals surface area (Å²) in [6.45, 7) is 5.42. The molecule has 1 aromatic heterocycles. The van der Waals surface area contributed by atoms with Gasteiger partial charge >= 0.3 is 0 Å². The average molecular weight is 240 g/mol. The number of ether oxygens (including phenoxy) is 1. The molecule has 0 aliphatic carbocycles. The third kappa shape index (κ3) is 2.41. The number of hydrogen-bond donors (Lipinski definition) is 2. The Hall–Kier alpha value is -1.56. The van der Waals surface area contributed by atoms with Gasteiger partial charge in [0.1, 0.15) is 5.60 Å². The molecular weight excluding hydrogens is 220 g/mol. The third-order valence-electron chi connectivity index (χ3n) is 3.11. The minimum absolute atomic E-state index is 0.225. The number of carbonyl (C=O) groups is 1. The highest BCUT2D eigenvalue weighted by Crippen LogP contribution is 2.23. The lowest BCUT2D eigenvalue weighted by Gasteiger charge is -2.25. The van der Waals surface area contributed by atoms with Crippen LogP contribution in [0.15, 0.2) is 0 Å². The Morgan fingerprint density at radius 3 is 2.59 bits per heavy atom. The van der Waals surface area contributed by atoms with Gasteiger partial charge in [-0.15, -0.1) is 0 Å². The van der Waals surface area contributed by atoms with Crippen molar-refractivity contribution in [3.63, 3.8) is 0 Å². The fourth-order valence-corrected chi connectivity index (χ4v) is 1.46. The second-order valence-electron chi connectivity index (χ2n) is 4.21. The summed E-state index contributed by atoms with van der Waals surface area (Å²) < 4.78 is 6.77. The van der Waals surface area contributed by atoms with Gasteiger partial charge in [0.25, 0.3) is 5.91 Å². The minimum Gasteiger partial charge on any atom is -0.394 e. The normalized spacial score (nSPS) is 14.4. The first kappa shape index (κ1) is 13.5. The van der Waals surface area contributed by atoms with Crippen molar-refractivity contribution < 1.29 is 9.53 Å². The summed E-state index contributed by atoms with van der Waals surface area (Å²) in [7, 11) is 3.25. The quantitative estimate of drug-likeness (QED) is 0.824. The van der Waals surface area contributed by atoms with E-state index < -0.39 is 5.60 Å². The van der Waals surface area contributed by atoms with E-state index in [1.165, 1.54) is 7.11 Å². The van der Waals surface area contributed by atoms with Gasteiger partial charge in [-0.2, -0.15) is 5.10 Å². The second kappa shape index (κ2) is 4.75. The highest BCUT2D eigenvalue weighted by Gasteiger charge is 2.32. The van der Waals surface area contributed by atoms with E-state index in [9.17, 15) is 4.79 Å². The topological polar surface area (TPSA) is 82.2 Å². The molecule has 0 aliphatic heterocycles. The van der Waals surface area contributed by atoms with Gasteiger partial charge in [0.2, 0.25) is 0 Å². The van der Waals surface area contributed by atoms with Crippen LogP contribution in [0, 0.1) is 6.92 Å². The predicted octanol–water partition coefficient (Wildman–Crippen LogP) is 1.06. The summed E-state index contributed by atoms with van der Waals surface area (Å²) in [5.41, 5.74) is 6.16. The molecule has 0 saturated heterocycles. The molecule has 1 aromatic rings. The van der Waals surface area contributed by atoms with Crippen molar-refractivity contribution in [2.75, 3.05) is 18.2 Å². The van der Waals surface area contributed by atoms with Crippen LogP contribution in [-0.4, -0.2) is 28.4 Å². The highest BCUT2D eigenvalue weighted by atomic mass is 16.5. The Balaban J connectivity index is 2.95. The number of nitrogens with zero attached hydrogens (tertiary/aromatic N) is 2. The molecule has 0 spiro atoms. The number of methoxy groups -OCH3 is 1. The Bertz CT molecular complexity index is 421. The molecule has 96 valence electrons. The average Bonchev–Trinajstić information content (AvgIpc) is 2.54. The summed E-state index contributed by atoms with van der Waals surface area (Å²) in [5, 5.41) is 6.89. The van der Waals surface area contributed by atoms with Crippen LogP contribution in [0.2, 0.25) is 0 Å². The maximum absolute atomic E-state index is 12.1. The summed E-state index contributed by atoms with van der Waals surface area (Å²) in [6, 6.07) is 0. The van der Waals surface area contributed by atoms with Crippen molar-refractivity contribution in [2.45, 2.75) is 32.8 Å². The van der Waals surface area contributed by atoms with Gasteiger partial charge < -0.3 is 15.8 Å². The van der Waals surface area contributed by atoms with Gasteiger partial charge in [0.05, 0.1) is 11.4 Å². The van der Waals surface area contributed by atoms with E-state index in [-0.39, 0.29) is 5.91 Å². The second-order valence-corrected chi connectivity index (χ2v) is 4.21. The molecule has 0 radical (unpaired) electrons. The van der Waals surface area contributed by atoms with E-state index >= 15 is 0 Å². The number of nitrogens with one attached hydrogen (secondary N) is 1. The van der Waals surface area contributed by atoms with Crippen molar-refractivity contribution in [3.05, 3.63) is 5.69 Å². The van der Waals surface area contributed by atoms with Crippen molar-refractivity contribution >= 4 is 17.4 Å². The lowest BCUT2D eigenvalue weighted by atomic mass is 10.0. The first-order chi connectivity index (χ1) is 7.85. The first-order valence-corrected chi connectivity index (χ1v) is 5.51. The first-order valence-electron chi connectivity index (χ1n) is 5.51. The maximum atomic E-state index is 12.1. The van der Waals surface area contributed by atoms with Crippen molar-refractivity contribution in [2.24, 2.45) is 7.05 Å². The number of carbonyl (C=O) groups excluding carboxylic acids is 1. The van der Waals surface area contributed by atoms with E-state index in [0.717, 1.165) is 0 Å². The fourth-order valence-electron chi connectivity index (χ4n) is 1.46. The lowest BCUT2D eigenvalue weighted by Crippen LogP contribution is -2.41. The van der Waals surface area contributed by atoms with Crippen molar-refractivity contribution in [1.29, 1.82) is 0 Å². The fraction of sp³-hybridized carbons (Fsp3) is 0.636. The molecule has 17 heavy (non-hydrogen) atoms. The maximum Gasteiger partial charge on any atom is 0.257 e. The minimum atomic E-state index is -0.857. The largest absolute Gasteiger partial charge is 0.394 e. The Morgan fingerprint density at radius 2 is 2.24 bits per heavy atom. The SMILES string of the molecule is CCC(C)(OC)C(=O)Nc1c(N)c(C)nn1C. The lowest BCUT2D eigenvalue weighted by molar-refractivity contribution is -0.136. The van der Waals surface area contributed by atoms with Crippen LogP contribution >= 0.6 is 0 Å². The smallest absolute Gasteiger partial charge is 0.257 e. The van der Waals surface area contributed by atoms with Gasteiger partial charge in [0, 0.05) is 14.2 Å². The van der Waals surface area contributed by atoms with Crippen LogP contribution in [0.25, 0.3) is 0 Å². The van der Waals surface area contributed by atoms with Crippen LogP contribution in [0.5, 0.6) is 0 Å². The standard InChI is InChI=1S/C11H20N4O2/c1-6-11(3,17-5)10(16)13-9-8(12)7(2)14-15(9)4/h6,12H2,1-5H3,(H,13,16). The number of nitrogens with two attached hydrogens (primary N) is 1. The van der Waals surface area contributed by atoms with Gasteiger partial charge in [0.15, 0.2) is 5.82 Å². The van der Waals surface area contributed by atoms with Gasteiger partial charge in [-0.25, -0.2) is 0 Å². The Morgan fingerprint density at radius 1 is 1.65 bits per heavy atom. The molecule has 1 rings (SSSR count). The molecule has 3 N–H and O–H groups in total. The van der Waals surface area contributed by atoms with E-state index in [1.54, 1.807) is 25.6 Å². The molecule has 0 aromatic carbocycles. The van der Waals surface area contributed by atoms with E-state index in [0.29, 0.717) is 23.6 Å². The molecule has 6 heteroatoms. The molecule has 6 nitrogen and oxygen atoms in total. The van der Waals surface area contributed by atoms with Gasteiger partial charge in [-0.05, 0) is 20.3 Å². The third-order valence-corrected chi connectivity index (χ3v) is 3.11. The van der Waals surface area contributed by atoms with E-state index in [1.807, 2.05) is 6.92 Å². The summed E-state index contributed by atoms with van der Waals surface area (Å²) in [4.78, 5) is 12.1. The molecule has 1 heterocycles. The van der Waals surface area contributed by atoms with Gasteiger partial charge in [-0.1, -0.05) is 6.92 Å². The van der Waals surface area contributed by atoms with Crippen molar-refractivity contribution in [3.8, 4) is 0 Å².